The Morgan fingerprint density at radius 1 is 1.07 bits per heavy atom. The molecule has 0 aliphatic carbocycles. The van der Waals surface area contributed by atoms with E-state index >= 15 is 0 Å². The zero-order valence-electron chi connectivity index (χ0n) is 16.9. The van der Waals surface area contributed by atoms with Crippen LogP contribution in [0.2, 0.25) is 0 Å². The van der Waals surface area contributed by atoms with E-state index in [-0.39, 0.29) is 41.9 Å². The van der Waals surface area contributed by atoms with Crippen molar-refractivity contribution in [3.8, 4) is 11.3 Å². The average molecular weight is 449 g/mol. The molecule has 162 valence electrons. The van der Waals surface area contributed by atoms with Crippen LogP contribution in [0.5, 0.6) is 0 Å². The molecule has 1 aromatic carbocycles. The van der Waals surface area contributed by atoms with Crippen molar-refractivity contribution >= 4 is 24.8 Å². The summed E-state index contributed by atoms with van der Waals surface area (Å²) in [4.78, 5) is 17.3. The highest BCUT2D eigenvalue weighted by atomic mass is 35.5. The maximum Gasteiger partial charge on any atom is 0.271 e. The van der Waals surface area contributed by atoms with Gasteiger partial charge in [0.1, 0.15) is 11.6 Å². The molecule has 0 spiro atoms. The van der Waals surface area contributed by atoms with Crippen LogP contribution in [0.3, 0.4) is 0 Å². The molecule has 0 N–H and O–H groups in total. The minimum atomic E-state index is -0.678. The van der Waals surface area contributed by atoms with Gasteiger partial charge >= 0.3 is 0 Å². The maximum absolute atomic E-state index is 14.3. The lowest BCUT2D eigenvalue weighted by atomic mass is 10.1. The van der Waals surface area contributed by atoms with Crippen LogP contribution in [-0.2, 0) is 13.1 Å². The second kappa shape index (κ2) is 11.0. The summed E-state index contributed by atoms with van der Waals surface area (Å²) in [5.41, 5.74) is 1.01. The van der Waals surface area contributed by atoms with E-state index in [2.05, 4.69) is 21.9 Å². The molecule has 1 fully saturated rings. The lowest BCUT2D eigenvalue weighted by Gasteiger charge is -2.32. The van der Waals surface area contributed by atoms with Crippen molar-refractivity contribution in [2.45, 2.75) is 26.9 Å². The van der Waals surface area contributed by atoms with Crippen molar-refractivity contribution in [1.82, 2.24) is 19.6 Å². The molecule has 0 amide bonds. The third-order valence-corrected chi connectivity index (χ3v) is 4.78. The molecular formula is C20H28Cl2F2N4O. The van der Waals surface area contributed by atoms with Crippen LogP contribution in [0, 0.1) is 17.6 Å². The van der Waals surface area contributed by atoms with Gasteiger partial charge in [0.15, 0.2) is 0 Å². The number of nitrogens with zero attached hydrogens (tertiary/aromatic N) is 4. The van der Waals surface area contributed by atoms with Crippen LogP contribution in [0.25, 0.3) is 11.3 Å². The zero-order chi connectivity index (χ0) is 19.6. The first-order valence-electron chi connectivity index (χ1n) is 9.31. The molecule has 3 rings (SSSR count). The highest BCUT2D eigenvalue weighted by molar-refractivity contribution is 5.85. The van der Waals surface area contributed by atoms with E-state index < -0.39 is 11.6 Å². The number of piperazine rings is 1. The number of benzene rings is 1. The fraction of sp³-hybridized carbons (Fsp3) is 0.500. The van der Waals surface area contributed by atoms with Crippen LogP contribution in [0.4, 0.5) is 8.78 Å². The van der Waals surface area contributed by atoms with Crippen LogP contribution in [0.1, 0.15) is 19.4 Å². The molecule has 0 unspecified atom stereocenters. The van der Waals surface area contributed by atoms with Gasteiger partial charge in [-0.25, -0.2) is 13.5 Å². The molecule has 1 aromatic heterocycles. The van der Waals surface area contributed by atoms with Crippen LogP contribution in [0.15, 0.2) is 29.1 Å². The fourth-order valence-corrected chi connectivity index (χ4v) is 3.26. The molecule has 0 atom stereocenters. The number of hydrogen-bond acceptors (Lipinski definition) is 4. The molecule has 0 bridgehead atoms. The van der Waals surface area contributed by atoms with E-state index in [0.29, 0.717) is 24.3 Å². The first-order chi connectivity index (χ1) is 12.8. The first kappa shape index (κ1) is 25.5. The molecule has 0 radical (unpaired) electrons. The molecule has 1 aliphatic rings. The molecule has 0 saturated carbocycles. The van der Waals surface area contributed by atoms with E-state index in [0.717, 1.165) is 32.2 Å². The molecular weight excluding hydrogens is 421 g/mol. The normalized spacial score (nSPS) is 15.1. The van der Waals surface area contributed by atoms with Crippen LogP contribution in [-0.4, -0.2) is 52.8 Å². The summed E-state index contributed by atoms with van der Waals surface area (Å²) in [5.74, 6) is -1.09. The standard InChI is InChI=1S/C20H26F2N4O.2ClH/c1-14(2)12-26-20(27)15(13-25-8-6-24(3)7-9-25)10-19(23-26)17-5-4-16(21)11-18(17)22;;/h4-5,10-11,14H,6-9,12-13H2,1-3H3;2*1H. The summed E-state index contributed by atoms with van der Waals surface area (Å²) in [6.07, 6.45) is 0. The van der Waals surface area contributed by atoms with Gasteiger partial charge in [0.25, 0.3) is 5.56 Å². The van der Waals surface area contributed by atoms with Gasteiger partial charge in [-0.1, -0.05) is 13.8 Å². The molecule has 2 aromatic rings. The summed E-state index contributed by atoms with van der Waals surface area (Å²) in [6, 6.07) is 5.07. The van der Waals surface area contributed by atoms with E-state index in [1.165, 1.54) is 16.8 Å². The topological polar surface area (TPSA) is 41.4 Å². The number of rotatable bonds is 5. The Kier molecular flexibility index (Phi) is 9.68. The Hall–Kier alpha value is -1.54. The van der Waals surface area contributed by atoms with Gasteiger partial charge in [-0.15, -0.1) is 24.8 Å². The Morgan fingerprint density at radius 3 is 2.31 bits per heavy atom. The first-order valence-corrected chi connectivity index (χ1v) is 9.31. The largest absolute Gasteiger partial charge is 0.304 e. The summed E-state index contributed by atoms with van der Waals surface area (Å²) in [5, 5.41) is 4.35. The van der Waals surface area contributed by atoms with Gasteiger partial charge in [0, 0.05) is 56.5 Å². The quantitative estimate of drug-likeness (QED) is 0.702. The maximum atomic E-state index is 14.3. The predicted molar refractivity (Wildman–Crippen MR) is 116 cm³/mol. The second-order valence-corrected chi connectivity index (χ2v) is 7.64. The Bertz CT molecular complexity index is 868. The Labute approximate surface area is 182 Å². The summed E-state index contributed by atoms with van der Waals surface area (Å²) in [7, 11) is 2.08. The van der Waals surface area contributed by atoms with Gasteiger partial charge in [-0.2, -0.15) is 5.10 Å². The molecule has 9 heteroatoms. The second-order valence-electron chi connectivity index (χ2n) is 7.64. The monoisotopic (exact) mass is 448 g/mol. The smallest absolute Gasteiger partial charge is 0.271 e. The van der Waals surface area contributed by atoms with E-state index in [1.54, 1.807) is 6.07 Å². The summed E-state index contributed by atoms with van der Waals surface area (Å²) < 4.78 is 29.0. The summed E-state index contributed by atoms with van der Waals surface area (Å²) in [6.45, 7) is 8.61. The SMILES string of the molecule is CC(C)Cn1nc(-c2ccc(F)cc2F)cc(CN2CCN(C)CC2)c1=O.Cl.Cl. The van der Waals surface area contributed by atoms with Crippen molar-refractivity contribution in [1.29, 1.82) is 0 Å². The number of likely N-dealkylation sites (N-methyl/N-ethyl adjacent to an activating group) is 1. The lowest BCUT2D eigenvalue weighted by molar-refractivity contribution is 0.147. The fourth-order valence-electron chi connectivity index (χ4n) is 3.26. The van der Waals surface area contributed by atoms with Gasteiger partial charge in [0.2, 0.25) is 0 Å². The minimum absolute atomic E-state index is 0. The van der Waals surface area contributed by atoms with Crippen molar-refractivity contribution in [3.05, 3.63) is 51.8 Å². The van der Waals surface area contributed by atoms with Crippen LogP contribution >= 0.6 is 24.8 Å². The Balaban J connectivity index is 0.00000210. The minimum Gasteiger partial charge on any atom is -0.304 e. The van der Waals surface area contributed by atoms with Gasteiger partial charge in [-0.05, 0) is 31.2 Å². The van der Waals surface area contributed by atoms with E-state index in [1.807, 2.05) is 13.8 Å². The Morgan fingerprint density at radius 2 is 1.72 bits per heavy atom. The molecule has 5 nitrogen and oxygen atoms in total. The number of halogens is 4. The third kappa shape index (κ3) is 6.47. The van der Waals surface area contributed by atoms with Crippen LogP contribution < -0.4 is 5.56 Å². The average Bonchev–Trinajstić information content (AvgIpc) is 2.60. The highest BCUT2D eigenvalue weighted by Gasteiger charge is 2.19. The van der Waals surface area contributed by atoms with Gasteiger partial charge < -0.3 is 4.90 Å². The van der Waals surface area contributed by atoms with Crippen molar-refractivity contribution in [2.75, 3.05) is 33.2 Å². The van der Waals surface area contributed by atoms with Crippen molar-refractivity contribution in [3.63, 3.8) is 0 Å². The van der Waals surface area contributed by atoms with Gasteiger partial charge in [0.05, 0.1) is 5.69 Å². The number of aromatic nitrogens is 2. The van der Waals surface area contributed by atoms with E-state index in [9.17, 15) is 13.6 Å². The molecule has 2 heterocycles. The van der Waals surface area contributed by atoms with Gasteiger partial charge in [-0.3, -0.25) is 9.69 Å². The highest BCUT2D eigenvalue weighted by Crippen LogP contribution is 2.22. The predicted octanol–water partition coefficient (Wildman–Crippen LogP) is 3.44. The zero-order valence-corrected chi connectivity index (χ0v) is 18.5. The van der Waals surface area contributed by atoms with E-state index in [4.69, 9.17) is 0 Å². The third-order valence-electron chi connectivity index (χ3n) is 4.78. The molecule has 1 aliphatic heterocycles. The summed E-state index contributed by atoms with van der Waals surface area (Å²) >= 11 is 0. The van der Waals surface area contributed by atoms with Crippen molar-refractivity contribution in [2.24, 2.45) is 5.92 Å². The van der Waals surface area contributed by atoms with Crippen molar-refractivity contribution < 1.29 is 8.78 Å². The molecule has 29 heavy (non-hydrogen) atoms. The lowest BCUT2D eigenvalue weighted by Crippen LogP contribution is -2.45. The number of hydrogen-bond donors (Lipinski definition) is 0. The molecule has 1 saturated heterocycles.